The molecule has 2 rings (SSSR count). The van der Waals surface area contributed by atoms with Crippen LogP contribution in [0.15, 0.2) is 12.3 Å². The van der Waals surface area contributed by atoms with Gasteiger partial charge >= 0.3 is 0 Å². The van der Waals surface area contributed by atoms with Crippen molar-refractivity contribution >= 4 is 17.5 Å². The lowest BCUT2D eigenvalue weighted by Crippen LogP contribution is -2.29. The van der Waals surface area contributed by atoms with Gasteiger partial charge in [0.05, 0.1) is 0 Å². The second-order valence-electron chi connectivity index (χ2n) is 3.38. The summed E-state index contributed by atoms with van der Waals surface area (Å²) in [5.41, 5.74) is 0. The molecule has 1 aromatic heterocycles. The van der Waals surface area contributed by atoms with Crippen molar-refractivity contribution < 1.29 is 0 Å². The molecule has 1 aliphatic heterocycles. The van der Waals surface area contributed by atoms with Crippen LogP contribution in [0.5, 0.6) is 0 Å². The molecule has 2 N–H and O–H groups in total. The van der Waals surface area contributed by atoms with Crippen LogP contribution in [0.1, 0.15) is 12.8 Å². The molecule has 1 fully saturated rings. The van der Waals surface area contributed by atoms with Crippen molar-refractivity contribution in [1.29, 1.82) is 0 Å². The number of hydrogen-bond donors (Lipinski definition) is 2. The molecular weight excluding hydrogens is 200 g/mol. The van der Waals surface area contributed by atoms with Crippen LogP contribution in [0.4, 0.5) is 5.95 Å². The van der Waals surface area contributed by atoms with Crippen molar-refractivity contribution in [1.82, 2.24) is 15.3 Å². The molecule has 76 valence electrons. The highest BCUT2D eigenvalue weighted by atomic mass is 35.5. The average molecular weight is 213 g/mol. The Hall–Kier alpha value is -0.870. The normalized spacial score (nSPS) is 21.1. The van der Waals surface area contributed by atoms with Gasteiger partial charge in [0, 0.05) is 18.8 Å². The number of aromatic nitrogens is 2. The van der Waals surface area contributed by atoms with E-state index in [0.717, 1.165) is 13.1 Å². The lowest BCUT2D eigenvalue weighted by Gasteiger charge is -2.10. The molecule has 2 heterocycles. The van der Waals surface area contributed by atoms with Gasteiger partial charge in [0.1, 0.15) is 5.15 Å². The van der Waals surface area contributed by atoms with Crippen molar-refractivity contribution in [2.45, 2.75) is 18.9 Å². The van der Waals surface area contributed by atoms with E-state index in [-0.39, 0.29) is 0 Å². The van der Waals surface area contributed by atoms with Crippen LogP contribution < -0.4 is 10.6 Å². The first-order valence-corrected chi connectivity index (χ1v) is 5.18. The zero-order valence-electron chi connectivity index (χ0n) is 7.83. The van der Waals surface area contributed by atoms with Crippen LogP contribution in [0.2, 0.25) is 5.15 Å². The Bertz CT molecular complexity index is 299. The molecule has 1 aliphatic rings. The Balaban J connectivity index is 1.85. The first-order valence-electron chi connectivity index (χ1n) is 4.80. The molecule has 4 nitrogen and oxygen atoms in total. The van der Waals surface area contributed by atoms with E-state index in [1.54, 1.807) is 12.3 Å². The smallest absolute Gasteiger partial charge is 0.224 e. The van der Waals surface area contributed by atoms with E-state index < -0.39 is 0 Å². The summed E-state index contributed by atoms with van der Waals surface area (Å²) in [5.74, 6) is 0.603. The van der Waals surface area contributed by atoms with Crippen LogP contribution >= 0.6 is 11.6 Å². The molecule has 0 radical (unpaired) electrons. The lowest BCUT2D eigenvalue weighted by molar-refractivity contribution is 0.631. The number of rotatable bonds is 3. The maximum Gasteiger partial charge on any atom is 0.224 e. The van der Waals surface area contributed by atoms with E-state index in [9.17, 15) is 0 Å². The fourth-order valence-corrected chi connectivity index (χ4v) is 1.70. The van der Waals surface area contributed by atoms with Crippen molar-refractivity contribution in [3.05, 3.63) is 17.4 Å². The fourth-order valence-electron chi connectivity index (χ4n) is 1.57. The SMILES string of the molecule is Clc1ccnc(NCC2CCCN2)n1. The summed E-state index contributed by atoms with van der Waals surface area (Å²) in [5, 5.41) is 7.02. The molecule has 0 aromatic carbocycles. The van der Waals surface area contributed by atoms with Gasteiger partial charge in [0.25, 0.3) is 0 Å². The van der Waals surface area contributed by atoms with Crippen molar-refractivity contribution in [3.63, 3.8) is 0 Å². The number of nitrogens with zero attached hydrogens (tertiary/aromatic N) is 2. The number of nitrogens with one attached hydrogen (secondary N) is 2. The maximum atomic E-state index is 5.73. The van der Waals surface area contributed by atoms with Crippen molar-refractivity contribution in [2.24, 2.45) is 0 Å². The highest BCUT2D eigenvalue weighted by molar-refractivity contribution is 6.29. The Morgan fingerprint density at radius 1 is 1.64 bits per heavy atom. The minimum atomic E-state index is 0.474. The van der Waals surface area contributed by atoms with E-state index in [2.05, 4.69) is 20.6 Å². The van der Waals surface area contributed by atoms with Gasteiger partial charge in [-0.15, -0.1) is 0 Å². The zero-order chi connectivity index (χ0) is 9.80. The fraction of sp³-hybridized carbons (Fsp3) is 0.556. The third-order valence-corrected chi connectivity index (χ3v) is 2.50. The van der Waals surface area contributed by atoms with E-state index in [0.29, 0.717) is 17.1 Å². The lowest BCUT2D eigenvalue weighted by atomic mass is 10.2. The summed E-state index contributed by atoms with van der Waals surface area (Å²) in [4.78, 5) is 8.12. The van der Waals surface area contributed by atoms with Gasteiger partial charge in [0.2, 0.25) is 5.95 Å². The molecule has 0 aliphatic carbocycles. The highest BCUT2D eigenvalue weighted by Gasteiger charge is 2.13. The van der Waals surface area contributed by atoms with E-state index in [1.165, 1.54) is 12.8 Å². The second-order valence-corrected chi connectivity index (χ2v) is 3.76. The summed E-state index contributed by atoms with van der Waals surface area (Å²) in [7, 11) is 0. The topological polar surface area (TPSA) is 49.8 Å². The van der Waals surface area contributed by atoms with Gasteiger partial charge in [0.15, 0.2) is 0 Å². The van der Waals surface area contributed by atoms with E-state index in [1.807, 2.05) is 0 Å². The molecule has 0 bridgehead atoms. The van der Waals surface area contributed by atoms with Gasteiger partial charge in [-0.3, -0.25) is 0 Å². The standard InChI is InChI=1S/C9H13ClN4/c10-8-3-5-12-9(14-8)13-6-7-2-1-4-11-7/h3,5,7,11H,1-2,4,6H2,(H,12,13,14). The van der Waals surface area contributed by atoms with Crippen LogP contribution in [-0.4, -0.2) is 29.1 Å². The molecule has 1 atom stereocenters. The molecular formula is C9H13ClN4. The summed E-state index contributed by atoms with van der Waals surface area (Å²) in [6, 6.07) is 2.21. The molecule has 0 spiro atoms. The molecule has 1 unspecified atom stereocenters. The van der Waals surface area contributed by atoms with E-state index >= 15 is 0 Å². The Labute approximate surface area is 88.1 Å². The predicted octanol–water partition coefficient (Wildman–Crippen LogP) is 1.29. The predicted molar refractivity (Wildman–Crippen MR) is 56.6 cm³/mol. The minimum absolute atomic E-state index is 0.474. The molecule has 1 saturated heterocycles. The van der Waals surface area contributed by atoms with Gasteiger partial charge < -0.3 is 10.6 Å². The van der Waals surface area contributed by atoms with Gasteiger partial charge in [-0.05, 0) is 25.5 Å². The summed E-state index contributed by atoms with van der Waals surface area (Å²) in [6.07, 6.45) is 4.12. The van der Waals surface area contributed by atoms with Gasteiger partial charge in [-0.2, -0.15) is 0 Å². The first kappa shape index (κ1) is 9.68. The van der Waals surface area contributed by atoms with Crippen LogP contribution in [0.3, 0.4) is 0 Å². The molecule has 0 saturated carbocycles. The third-order valence-electron chi connectivity index (χ3n) is 2.29. The van der Waals surface area contributed by atoms with Gasteiger partial charge in [-0.1, -0.05) is 11.6 Å². The third kappa shape index (κ3) is 2.56. The Kier molecular flexibility index (Phi) is 3.16. The van der Waals surface area contributed by atoms with Crippen LogP contribution in [0, 0.1) is 0 Å². The Morgan fingerprint density at radius 2 is 2.57 bits per heavy atom. The highest BCUT2D eigenvalue weighted by Crippen LogP contribution is 2.08. The first-order chi connectivity index (χ1) is 6.84. The molecule has 0 amide bonds. The Morgan fingerprint density at radius 3 is 3.29 bits per heavy atom. The maximum absolute atomic E-state index is 5.73. The van der Waals surface area contributed by atoms with Gasteiger partial charge in [-0.25, -0.2) is 9.97 Å². The largest absolute Gasteiger partial charge is 0.353 e. The second kappa shape index (κ2) is 4.57. The average Bonchev–Trinajstić information content (AvgIpc) is 2.67. The molecule has 14 heavy (non-hydrogen) atoms. The zero-order valence-corrected chi connectivity index (χ0v) is 8.59. The van der Waals surface area contributed by atoms with Crippen LogP contribution in [-0.2, 0) is 0 Å². The van der Waals surface area contributed by atoms with Crippen molar-refractivity contribution in [3.8, 4) is 0 Å². The number of anilines is 1. The summed E-state index contributed by atoms with van der Waals surface area (Å²) >= 11 is 5.73. The summed E-state index contributed by atoms with van der Waals surface area (Å²) < 4.78 is 0. The molecule has 5 heteroatoms. The van der Waals surface area contributed by atoms with Crippen LogP contribution in [0.25, 0.3) is 0 Å². The number of halogens is 1. The monoisotopic (exact) mass is 212 g/mol. The quantitative estimate of drug-likeness (QED) is 0.742. The van der Waals surface area contributed by atoms with Crippen molar-refractivity contribution in [2.75, 3.05) is 18.4 Å². The molecule has 1 aromatic rings. The number of hydrogen-bond acceptors (Lipinski definition) is 4. The van der Waals surface area contributed by atoms with E-state index in [4.69, 9.17) is 11.6 Å². The minimum Gasteiger partial charge on any atom is -0.353 e. The summed E-state index contributed by atoms with van der Waals surface area (Å²) in [6.45, 7) is 1.98.